The highest BCUT2D eigenvalue weighted by Gasteiger charge is 2.22. The first-order chi connectivity index (χ1) is 16.1. The van der Waals surface area contributed by atoms with Crippen molar-refractivity contribution < 1.29 is 19.0 Å². The van der Waals surface area contributed by atoms with Crippen molar-refractivity contribution in [3.8, 4) is 28.4 Å². The molecule has 6 heteroatoms. The lowest BCUT2D eigenvalue weighted by molar-refractivity contribution is 0.0628. The summed E-state index contributed by atoms with van der Waals surface area (Å²) in [6.07, 6.45) is 0. The minimum atomic E-state index is 0.0748. The van der Waals surface area contributed by atoms with Crippen LogP contribution < -0.4 is 14.2 Å². The van der Waals surface area contributed by atoms with Crippen molar-refractivity contribution in [3.63, 3.8) is 0 Å². The van der Waals surface area contributed by atoms with Crippen LogP contribution in [-0.2, 0) is 6.54 Å². The number of rotatable bonds is 7. The fourth-order valence-corrected chi connectivity index (χ4v) is 4.19. The Kier molecular flexibility index (Phi) is 7.15. The molecule has 6 nitrogen and oxygen atoms in total. The van der Waals surface area contributed by atoms with E-state index >= 15 is 0 Å². The van der Waals surface area contributed by atoms with Gasteiger partial charge in [0, 0.05) is 38.3 Å². The first-order valence-corrected chi connectivity index (χ1v) is 11.1. The van der Waals surface area contributed by atoms with Gasteiger partial charge in [-0.1, -0.05) is 42.5 Å². The monoisotopic (exact) mass is 446 g/mol. The molecule has 3 aromatic rings. The summed E-state index contributed by atoms with van der Waals surface area (Å²) in [5, 5.41) is 0. The van der Waals surface area contributed by atoms with Gasteiger partial charge in [-0.25, -0.2) is 0 Å². The number of ether oxygens (including phenoxy) is 3. The van der Waals surface area contributed by atoms with Crippen LogP contribution in [0.25, 0.3) is 11.1 Å². The van der Waals surface area contributed by atoms with Gasteiger partial charge in [-0.05, 0) is 41.0 Å². The molecule has 0 radical (unpaired) electrons. The molecule has 33 heavy (non-hydrogen) atoms. The molecule has 0 spiro atoms. The van der Waals surface area contributed by atoms with Gasteiger partial charge < -0.3 is 19.1 Å². The van der Waals surface area contributed by atoms with Gasteiger partial charge in [-0.15, -0.1) is 0 Å². The Labute approximate surface area is 195 Å². The summed E-state index contributed by atoms with van der Waals surface area (Å²) in [6, 6.07) is 22.0. The third-order valence-electron chi connectivity index (χ3n) is 6.04. The second kappa shape index (κ2) is 10.4. The van der Waals surface area contributed by atoms with Gasteiger partial charge in [0.25, 0.3) is 5.91 Å². The molecular weight excluding hydrogens is 416 g/mol. The first kappa shape index (κ1) is 22.7. The molecular formula is C27H30N2O4. The maximum absolute atomic E-state index is 13.0. The average Bonchev–Trinajstić information content (AvgIpc) is 2.88. The van der Waals surface area contributed by atoms with Crippen molar-refractivity contribution in [2.45, 2.75) is 6.54 Å². The molecule has 0 aliphatic carbocycles. The maximum atomic E-state index is 13.0. The predicted octanol–water partition coefficient (Wildman–Crippen LogP) is 4.34. The van der Waals surface area contributed by atoms with Crippen LogP contribution in [0.3, 0.4) is 0 Å². The lowest BCUT2D eigenvalue weighted by Gasteiger charge is -2.34. The van der Waals surface area contributed by atoms with Crippen molar-refractivity contribution in [2.24, 2.45) is 0 Å². The Hall–Kier alpha value is -3.51. The smallest absolute Gasteiger partial charge is 0.253 e. The van der Waals surface area contributed by atoms with E-state index in [1.165, 1.54) is 5.56 Å². The maximum Gasteiger partial charge on any atom is 0.253 e. The standard InChI is InChI=1S/C27H30N2O4/c1-31-24-17-23(18-25(32-2)26(24)33-3)21-9-11-22(12-10-21)27(30)29-15-13-28(14-16-29)19-20-7-5-4-6-8-20/h4-12,17-18H,13-16,19H2,1-3H3. The van der Waals surface area contributed by atoms with Crippen LogP contribution in [0.1, 0.15) is 15.9 Å². The lowest BCUT2D eigenvalue weighted by atomic mass is 10.0. The van der Waals surface area contributed by atoms with E-state index in [4.69, 9.17) is 14.2 Å². The molecule has 0 N–H and O–H groups in total. The normalized spacial score (nSPS) is 14.1. The quantitative estimate of drug-likeness (QED) is 0.541. The lowest BCUT2D eigenvalue weighted by Crippen LogP contribution is -2.48. The van der Waals surface area contributed by atoms with Crippen LogP contribution in [0.2, 0.25) is 0 Å². The van der Waals surface area contributed by atoms with Crippen molar-refractivity contribution in [2.75, 3.05) is 47.5 Å². The molecule has 1 fully saturated rings. The summed E-state index contributed by atoms with van der Waals surface area (Å²) in [6.45, 7) is 4.15. The number of amides is 1. The molecule has 4 rings (SSSR count). The van der Waals surface area contributed by atoms with E-state index in [1.54, 1.807) is 21.3 Å². The van der Waals surface area contributed by atoms with E-state index in [9.17, 15) is 4.79 Å². The van der Waals surface area contributed by atoms with E-state index in [2.05, 4.69) is 29.2 Å². The summed E-state index contributed by atoms with van der Waals surface area (Å²) < 4.78 is 16.3. The van der Waals surface area contributed by atoms with E-state index in [-0.39, 0.29) is 5.91 Å². The Bertz CT molecular complexity index is 1050. The minimum absolute atomic E-state index is 0.0748. The molecule has 1 amide bonds. The molecule has 172 valence electrons. The largest absolute Gasteiger partial charge is 0.493 e. The number of carbonyl (C=O) groups is 1. The van der Waals surface area contributed by atoms with Gasteiger partial charge in [0.2, 0.25) is 5.75 Å². The summed E-state index contributed by atoms with van der Waals surface area (Å²) in [4.78, 5) is 17.4. The zero-order chi connectivity index (χ0) is 23.2. The molecule has 0 unspecified atom stereocenters. The molecule has 0 saturated carbocycles. The van der Waals surface area contributed by atoms with Gasteiger partial charge in [-0.3, -0.25) is 9.69 Å². The number of nitrogens with zero attached hydrogens (tertiary/aromatic N) is 2. The van der Waals surface area contributed by atoms with Crippen LogP contribution in [-0.4, -0.2) is 63.2 Å². The summed E-state index contributed by atoms with van der Waals surface area (Å²) in [5.74, 6) is 1.83. The molecule has 0 aromatic heterocycles. The highest BCUT2D eigenvalue weighted by Crippen LogP contribution is 2.41. The fourth-order valence-electron chi connectivity index (χ4n) is 4.19. The number of carbonyl (C=O) groups excluding carboxylic acids is 1. The minimum Gasteiger partial charge on any atom is -0.493 e. The molecule has 0 bridgehead atoms. The van der Waals surface area contributed by atoms with Crippen molar-refractivity contribution in [1.29, 1.82) is 0 Å². The number of hydrogen-bond acceptors (Lipinski definition) is 5. The van der Waals surface area contributed by atoms with Gasteiger partial charge in [0.15, 0.2) is 11.5 Å². The van der Waals surface area contributed by atoms with Crippen LogP contribution in [0.5, 0.6) is 17.2 Å². The van der Waals surface area contributed by atoms with Crippen LogP contribution >= 0.6 is 0 Å². The van der Waals surface area contributed by atoms with E-state index in [0.29, 0.717) is 22.8 Å². The van der Waals surface area contributed by atoms with Crippen LogP contribution in [0.15, 0.2) is 66.7 Å². The van der Waals surface area contributed by atoms with Gasteiger partial charge >= 0.3 is 0 Å². The van der Waals surface area contributed by atoms with Crippen LogP contribution in [0, 0.1) is 0 Å². The second-order valence-corrected chi connectivity index (χ2v) is 8.05. The SMILES string of the molecule is COc1cc(-c2ccc(C(=O)N3CCN(Cc4ccccc4)CC3)cc2)cc(OC)c1OC. The Morgan fingerprint density at radius 1 is 0.758 bits per heavy atom. The van der Waals surface area contributed by atoms with E-state index < -0.39 is 0 Å². The Balaban J connectivity index is 1.42. The highest BCUT2D eigenvalue weighted by molar-refractivity contribution is 5.94. The van der Waals surface area contributed by atoms with E-state index in [0.717, 1.165) is 43.9 Å². The van der Waals surface area contributed by atoms with Crippen LogP contribution in [0.4, 0.5) is 0 Å². The van der Waals surface area contributed by atoms with Gasteiger partial charge in [0.05, 0.1) is 21.3 Å². The Morgan fingerprint density at radius 3 is 1.91 bits per heavy atom. The predicted molar refractivity (Wildman–Crippen MR) is 129 cm³/mol. The third kappa shape index (κ3) is 5.12. The van der Waals surface area contributed by atoms with Crippen molar-refractivity contribution in [3.05, 3.63) is 77.9 Å². The number of piperazine rings is 1. The Morgan fingerprint density at radius 2 is 1.36 bits per heavy atom. The number of benzene rings is 3. The summed E-state index contributed by atoms with van der Waals surface area (Å²) >= 11 is 0. The van der Waals surface area contributed by atoms with Crippen molar-refractivity contribution in [1.82, 2.24) is 9.80 Å². The summed E-state index contributed by atoms with van der Waals surface area (Å²) in [5.41, 5.74) is 3.90. The molecule has 1 heterocycles. The molecule has 1 saturated heterocycles. The van der Waals surface area contributed by atoms with E-state index in [1.807, 2.05) is 47.4 Å². The molecule has 3 aromatic carbocycles. The molecule has 1 aliphatic rings. The zero-order valence-corrected chi connectivity index (χ0v) is 19.4. The molecule has 1 aliphatic heterocycles. The molecule has 0 atom stereocenters. The van der Waals surface area contributed by atoms with Gasteiger partial charge in [0.1, 0.15) is 0 Å². The zero-order valence-electron chi connectivity index (χ0n) is 19.4. The van der Waals surface area contributed by atoms with Crippen molar-refractivity contribution >= 4 is 5.91 Å². The topological polar surface area (TPSA) is 51.2 Å². The second-order valence-electron chi connectivity index (χ2n) is 8.05. The highest BCUT2D eigenvalue weighted by atomic mass is 16.5. The number of methoxy groups -OCH3 is 3. The first-order valence-electron chi connectivity index (χ1n) is 11.1. The van der Waals surface area contributed by atoms with Gasteiger partial charge in [-0.2, -0.15) is 0 Å². The number of hydrogen-bond donors (Lipinski definition) is 0. The summed E-state index contributed by atoms with van der Waals surface area (Å²) in [7, 11) is 4.78. The average molecular weight is 447 g/mol. The third-order valence-corrected chi connectivity index (χ3v) is 6.04. The fraction of sp³-hybridized carbons (Fsp3) is 0.296.